The molecular formula is C22H21N7O5S2. The summed E-state index contributed by atoms with van der Waals surface area (Å²) in [5.74, 6) is 0.0173. The van der Waals surface area contributed by atoms with E-state index in [9.17, 15) is 13.8 Å². The van der Waals surface area contributed by atoms with Gasteiger partial charge in [0, 0.05) is 24.7 Å². The lowest BCUT2D eigenvalue weighted by atomic mass is 10.1. The van der Waals surface area contributed by atoms with E-state index >= 15 is 0 Å². The lowest BCUT2D eigenvalue weighted by Crippen LogP contribution is -2.26. The van der Waals surface area contributed by atoms with E-state index in [1.807, 2.05) is 6.07 Å². The zero-order valence-electron chi connectivity index (χ0n) is 18.6. The maximum absolute atomic E-state index is 12.8. The van der Waals surface area contributed by atoms with Gasteiger partial charge in [-0.15, -0.1) is 12.6 Å². The van der Waals surface area contributed by atoms with Crippen molar-refractivity contribution >= 4 is 58.6 Å². The van der Waals surface area contributed by atoms with Gasteiger partial charge < -0.3 is 26.1 Å². The number of primary amides is 1. The van der Waals surface area contributed by atoms with Crippen molar-refractivity contribution in [2.45, 2.75) is 13.0 Å². The van der Waals surface area contributed by atoms with Crippen LogP contribution >= 0.6 is 12.6 Å². The van der Waals surface area contributed by atoms with Gasteiger partial charge in [-0.3, -0.25) is 19.1 Å². The number of carbonyl (C=O) groups is 3. The lowest BCUT2D eigenvalue weighted by molar-refractivity contribution is -0.118. The molecule has 12 nitrogen and oxygen atoms in total. The van der Waals surface area contributed by atoms with Crippen LogP contribution < -0.4 is 25.8 Å². The Morgan fingerprint density at radius 2 is 2.11 bits per heavy atom. The number of nitrogens with zero attached hydrogens (tertiary/aromatic N) is 2. The Balaban J connectivity index is 0.000000967. The van der Waals surface area contributed by atoms with Crippen molar-refractivity contribution in [3.8, 4) is 5.75 Å². The Labute approximate surface area is 212 Å². The van der Waals surface area contributed by atoms with Gasteiger partial charge in [-0.1, -0.05) is 6.07 Å². The molecule has 1 aromatic carbocycles. The Morgan fingerprint density at radius 3 is 2.86 bits per heavy atom. The third-order valence-electron chi connectivity index (χ3n) is 5.04. The molecule has 1 saturated heterocycles. The van der Waals surface area contributed by atoms with Gasteiger partial charge in [0.05, 0.1) is 16.7 Å². The summed E-state index contributed by atoms with van der Waals surface area (Å²) in [4.78, 5) is 45.2. The summed E-state index contributed by atoms with van der Waals surface area (Å²) in [6.45, 7) is 0.236. The number of anilines is 1. The summed E-state index contributed by atoms with van der Waals surface area (Å²) in [7, 11) is -1.07. The number of aromatic nitrogens is 3. The molecule has 14 heteroatoms. The van der Waals surface area contributed by atoms with E-state index in [1.54, 1.807) is 30.5 Å². The second-order valence-corrected chi connectivity index (χ2v) is 9.24. The van der Waals surface area contributed by atoms with E-state index in [-0.39, 0.29) is 37.1 Å². The topological polar surface area (TPSA) is 191 Å². The Bertz CT molecular complexity index is 1430. The van der Waals surface area contributed by atoms with Crippen molar-refractivity contribution in [3.05, 3.63) is 69.6 Å². The van der Waals surface area contributed by atoms with Crippen LogP contribution in [0.2, 0.25) is 0 Å². The van der Waals surface area contributed by atoms with E-state index in [1.165, 1.54) is 6.33 Å². The number of thiol groups is 1. The number of fused-ring (bicyclic) bond motifs is 2. The normalized spacial score (nSPS) is 17.1. The summed E-state index contributed by atoms with van der Waals surface area (Å²) in [5, 5.41) is 6.26. The molecule has 186 valence electrons. The molecule has 0 bridgehead atoms. The molecule has 1 fully saturated rings. The first-order chi connectivity index (χ1) is 17.4. The number of aromatic amines is 1. The number of H-pyrrole nitrogens is 1. The maximum Gasteiger partial charge on any atom is 0.272 e. The highest BCUT2D eigenvalue weighted by Crippen LogP contribution is 2.28. The minimum Gasteiger partial charge on any atom is -0.482 e. The molecule has 5 rings (SSSR count). The van der Waals surface area contributed by atoms with Crippen LogP contribution in [0.4, 0.5) is 5.69 Å². The zero-order chi connectivity index (χ0) is 25.7. The molecule has 36 heavy (non-hydrogen) atoms. The van der Waals surface area contributed by atoms with Crippen LogP contribution in [-0.4, -0.2) is 44.0 Å². The van der Waals surface area contributed by atoms with Gasteiger partial charge in [0.1, 0.15) is 17.1 Å². The van der Waals surface area contributed by atoms with Gasteiger partial charge in [-0.2, -0.15) is 0 Å². The van der Waals surface area contributed by atoms with E-state index in [2.05, 4.69) is 48.7 Å². The average molecular weight is 528 g/mol. The van der Waals surface area contributed by atoms with Crippen LogP contribution in [0.3, 0.4) is 0 Å². The average Bonchev–Trinajstić information content (AvgIpc) is 3.43. The highest BCUT2D eigenvalue weighted by Gasteiger charge is 2.21. The standard InChI is InChI=1S/C21H18N6O4S2.CH3NO/c28-16-9-31-15-3-1-11(5-14(15)26-16)7-23-21(29)20-19-18(24-10-25-20)12(8-22-19)6-13(32)2-4-17-27-33(17)30;2-1-3/h1-5,8,10,22,27,32H,6-7,9H2,(H,23,29)(H,26,28);1H,(H2,2,3)/b13-2-,17-4+;. The van der Waals surface area contributed by atoms with E-state index in [4.69, 9.17) is 9.53 Å². The van der Waals surface area contributed by atoms with Gasteiger partial charge in [0.2, 0.25) is 6.41 Å². The van der Waals surface area contributed by atoms with E-state index in [0.29, 0.717) is 33.9 Å². The first-order valence-electron chi connectivity index (χ1n) is 10.5. The molecule has 4 heterocycles. The number of hydrogen-bond donors (Lipinski definition) is 6. The first kappa shape index (κ1) is 24.9. The van der Waals surface area contributed by atoms with Gasteiger partial charge in [-0.25, -0.2) is 14.2 Å². The fourth-order valence-corrected chi connectivity index (χ4v) is 4.15. The number of nitrogens with one attached hydrogen (secondary N) is 4. The van der Waals surface area contributed by atoms with E-state index in [0.717, 1.165) is 16.0 Å². The minimum atomic E-state index is -1.07. The summed E-state index contributed by atoms with van der Waals surface area (Å²) < 4.78 is 19.2. The van der Waals surface area contributed by atoms with Gasteiger partial charge in [0.15, 0.2) is 23.3 Å². The highest BCUT2D eigenvalue weighted by molar-refractivity contribution is 7.94. The number of rotatable bonds is 6. The Kier molecular flexibility index (Phi) is 7.65. The largest absolute Gasteiger partial charge is 0.482 e. The van der Waals surface area contributed by atoms with Crippen molar-refractivity contribution in [1.29, 1.82) is 0 Å². The molecule has 1 unspecified atom stereocenters. The molecule has 1 atom stereocenters. The van der Waals surface area contributed by atoms with Crippen molar-refractivity contribution in [2.24, 2.45) is 5.73 Å². The second kappa shape index (κ2) is 11.0. The van der Waals surface area contributed by atoms with Crippen molar-refractivity contribution in [2.75, 3.05) is 11.9 Å². The molecule has 6 N–H and O–H groups in total. The number of amides is 3. The number of benzene rings is 1. The van der Waals surface area contributed by atoms with Crippen molar-refractivity contribution in [1.82, 2.24) is 25.0 Å². The summed E-state index contributed by atoms with van der Waals surface area (Å²) in [6.07, 6.45) is 7.35. The lowest BCUT2D eigenvalue weighted by Gasteiger charge is -2.18. The number of carbonyl (C=O) groups excluding carboxylic acids is 3. The molecule has 2 aliphatic rings. The van der Waals surface area contributed by atoms with Crippen molar-refractivity contribution < 1.29 is 23.3 Å². The highest BCUT2D eigenvalue weighted by atomic mass is 32.2. The van der Waals surface area contributed by atoms with Crippen molar-refractivity contribution in [3.63, 3.8) is 0 Å². The fourth-order valence-electron chi connectivity index (χ4n) is 3.40. The molecule has 2 aliphatic heterocycles. The van der Waals surface area contributed by atoms with Crippen LogP contribution in [0.1, 0.15) is 21.6 Å². The van der Waals surface area contributed by atoms with Crippen LogP contribution in [0, 0.1) is 0 Å². The van der Waals surface area contributed by atoms with E-state index < -0.39 is 11.0 Å². The molecule has 0 saturated carbocycles. The SMILES string of the molecule is NC=O.O=C1COc2ccc(CNC(=O)c3ncnc4c(C/C(S)=C/C=C5\NS5=O)c[nH]c34)cc2N1. The number of ether oxygens (including phenoxy) is 1. The van der Waals surface area contributed by atoms with Gasteiger partial charge >= 0.3 is 0 Å². The van der Waals surface area contributed by atoms with Crippen LogP contribution in [-0.2, 0) is 33.5 Å². The number of nitrogens with two attached hydrogens (primary N) is 1. The molecular weight excluding hydrogens is 506 g/mol. The summed E-state index contributed by atoms with van der Waals surface area (Å²) in [5.41, 5.74) is 7.79. The number of hydrogen-bond acceptors (Lipinski definition) is 8. The Hall–Kier alpha value is -4.17. The molecule has 3 aromatic rings. The predicted molar refractivity (Wildman–Crippen MR) is 136 cm³/mol. The molecule has 2 aromatic heterocycles. The molecule has 0 spiro atoms. The third kappa shape index (κ3) is 5.90. The zero-order valence-corrected chi connectivity index (χ0v) is 20.3. The second-order valence-electron chi connectivity index (χ2n) is 7.48. The quantitative estimate of drug-likeness (QED) is 0.155. The van der Waals surface area contributed by atoms with Crippen LogP contribution in [0.15, 0.2) is 52.8 Å². The Morgan fingerprint density at radius 1 is 1.33 bits per heavy atom. The van der Waals surface area contributed by atoms with Crippen LogP contribution in [0.5, 0.6) is 5.75 Å². The third-order valence-corrected chi connectivity index (χ3v) is 6.18. The fraction of sp³-hybridized carbons (Fsp3) is 0.136. The molecule has 3 amide bonds. The smallest absolute Gasteiger partial charge is 0.272 e. The molecule has 0 aliphatic carbocycles. The number of allylic oxidation sites excluding steroid dienone is 3. The monoisotopic (exact) mass is 527 g/mol. The summed E-state index contributed by atoms with van der Waals surface area (Å²) >= 11 is 4.47. The minimum absolute atomic E-state index is 0.00864. The first-order valence-corrected chi connectivity index (χ1v) is 12.1. The summed E-state index contributed by atoms with van der Waals surface area (Å²) in [6, 6.07) is 5.34. The molecule has 0 radical (unpaired) electrons. The maximum atomic E-state index is 12.8. The van der Waals surface area contributed by atoms with Crippen LogP contribution in [0.25, 0.3) is 11.0 Å². The predicted octanol–water partition coefficient (Wildman–Crippen LogP) is 0.785. The van der Waals surface area contributed by atoms with Gasteiger partial charge in [-0.05, 0) is 34.8 Å². The van der Waals surface area contributed by atoms with Gasteiger partial charge in [0.25, 0.3) is 11.8 Å².